The third-order valence-corrected chi connectivity index (χ3v) is 3.19. The number of aliphatic hydroxyl groups is 1. The predicted octanol–water partition coefficient (Wildman–Crippen LogP) is 1.70. The van der Waals surface area contributed by atoms with E-state index in [4.69, 9.17) is 0 Å². The fraction of sp³-hybridized carbons (Fsp3) is 0.818. The summed E-state index contributed by atoms with van der Waals surface area (Å²) < 4.78 is 25.9. The number of halogens is 2. The number of rotatable bonds is 2. The smallest absolute Gasteiger partial charge is 0.248 e. The van der Waals surface area contributed by atoms with Gasteiger partial charge in [-0.05, 0) is 18.8 Å². The number of hydrogen-bond acceptors (Lipinski definition) is 2. The average Bonchev–Trinajstić information content (AvgIpc) is 2.45. The Hall–Kier alpha value is -0.480. The van der Waals surface area contributed by atoms with Crippen molar-refractivity contribution < 1.29 is 13.9 Å². The Bertz CT molecular complexity index is 265. The first kappa shape index (κ1) is 11.0. The minimum Gasteiger partial charge on any atom is -0.388 e. The lowest BCUT2D eigenvalue weighted by Gasteiger charge is -2.20. The van der Waals surface area contributed by atoms with E-state index in [1.165, 1.54) is 0 Å². The van der Waals surface area contributed by atoms with Crippen molar-refractivity contribution in [1.82, 2.24) is 5.32 Å². The molecule has 15 heavy (non-hydrogen) atoms. The van der Waals surface area contributed by atoms with Gasteiger partial charge in [0.1, 0.15) is 0 Å². The van der Waals surface area contributed by atoms with Crippen LogP contribution in [-0.2, 0) is 0 Å². The van der Waals surface area contributed by atoms with Gasteiger partial charge in [-0.15, -0.1) is 0 Å². The van der Waals surface area contributed by atoms with Crippen molar-refractivity contribution in [3.05, 3.63) is 11.6 Å². The number of hydrogen-bond donors (Lipinski definition) is 2. The summed E-state index contributed by atoms with van der Waals surface area (Å²) in [6.45, 7) is 1.31. The highest BCUT2D eigenvalue weighted by molar-refractivity contribution is 5.12. The average molecular weight is 217 g/mol. The third kappa shape index (κ3) is 2.98. The Morgan fingerprint density at radius 1 is 1.53 bits per heavy atom. The molecule has 1 aliphatic carbocycles. The summed E-state index contributed by atoms with van der Waals surface area (Å²) in [5.41, 5.74) is 1.08. The van der Waals surface area contributed by atoms with E-state index in [1.54, 1.807) is 0 Å². The molecule has 86 valence electrons. The second-order valence-corrected chi connectivity index (χ2v) is 4.69. The molecule has 2 N–H and O–H groups in total. The first-order valence-corrected chi connectivity index (χ1v) is 5.51. The van der Waals surface area contributed by atoms with Crippen LogP contribution in [0.2, 0.25) is 0 Å². The molecule has 1 saturated carbocycles. The fourth-order valence-corrected chi connectivity index (χ4v) is 2.50. The summed E-state index contributed by atoms with van der Waals surface area (Å²) in [4.78, 5) is 0. The predicted molar refractivity (Wildman–Crippen MR) is 53.9 cm³/mol. The zero-order chi connectivity index (χ0) is 10.9. The zero-order valence-corrected chi connectivity index (χ0v) is 8.68. The molecule has 1 fully saturated rings. The third-order valence-electron chi connectivity index (χ3n) is 3.19. The molecule has 0 amide bonds. The maximum atomic E-state index is 12.9. The maximum absolute atomic E-state index is 12.9. The monoisotopic (exact) mass is 217 g/mol. The van der Waals surface area contributed by atoms with Crippen LogP contribution < -0.4 is 5.32 Å². The number of aliphatic hydroxyl groups excluding tert-OH is 1. The first-order chi connectivity index (χ1) is 7.05. The second-order valence-electron chi connectivity index (χ2n) is 4.69. The van der Waals surface area contributed by atoms with Gasteiger partial charge in [-0.2, -0.15) is 0 Å². The van der Waals surface area contributed by atoms with Crippen LogP contribution in [0.4, 0.5) is 8.78 Å². The summed E-state index contributed by atoms with van der Waals surface area (Å²) in [5, 5.41) is 12.4. The highest BCUT2D eigenvalue weighted by Gasteiger charge is 2.39. The van der Waals surface area contributed by atoms with Gasteiger partial charge in [-0.1, -0.05) is 11.6 Å². The van der Waals surface area contributed by atoms with Crippen molar-refractivity contribution in [2.24, 2.45) is 5.92 Å². The molecule has 0 aromatic heterocycles. The zero-order valence-electron chi connectivity index (χ0n) is 8.68. The fourth-order valence-electron chi connectivity index (χ4n) is 2.50. The van der Waals surface area contributed by atoms with Gasteiger partial charge in [0.25, 0.3) is 0 Å². The SMILES string of the molecule is OC1C=C(CC2CCC(F)(F)C2)CNC1. The van der Waals surface area contributed by atoms with Gasteiger partial charge in [0.15, 0.2) is 0 Å². The van der Waals surface area contributed by atoms with Gasteiger partial charge in [-0.3, -0.25) is 0 Å². The lowest BCUT2D eigenvalue weighted by Crippen LogP contribution is -2.32. The van der Waals surface area contributed by atoms with Crippen molar-refractivity contribution in [2.75, 3.05) is 13.1 Å². The lowest BCUT2D eigenvalue weighted by molar-refractivity contribution is 0.00505. The van der Waals surface area contributed by atoms with Crippen LogP contribution in [0.3, 0.4) is 0 Å². The minimum atomic E-state index is -2.45. The summed E-state index contributed by atoms with van der Waals surface area (Å²) in [6.07, 6.45) is 2.73. The molecule has 0 aromatic carbocycles. The Morgan fingerprint density at radius 3 is 2.93 bits per heavy atom. The number of alkyl halides is 2. The van der Waals surface area contributed by atoms with E-state index in [1.807, 2.05) is 6.08 Å². The van der Waals surface area contributed by atoms with Crippen molar-refractivity contribution >= 4 is 0 Å². The van der Waals surface area contributed by atoms with Crippen molar-refractivity contribution in [3.8, 4) is 0 Å². The van der Waals surface area contributed by atoms with E-state index in [0.29, 0.717) is 19.4 Å². The van der Waals surface area contributed by atoms with Crippen molar-refractivity contribution in [1.29, 1.82) is 0 Å². The molecule has 0 aromatic rings. The van der Waals surface area contributed by atoms with Crippen LogP contribution in [0.25, 0.3) is 0 Å². The quantitative estimate of drug-likeness (QED) is 0.690. The van der Waals surface area contributed by atoms with E-state index in [2.05, 4.69) is 5.32 Å². The summed E-state index contributed by atoms with van der Waals surface area (Å²) in [6, 6.07) is 0. The molecule has 0 bridgehead atoms. The molecule has 1 heterocycles. The molecule has 2 unspecified atom stereocenters. The van der Waals surface area contributed by atoms with Crippen LogP contribution >= 0.6 is 0 Å². The van der Waals surface area contributed by atoms with Crippen LogP contribution in [0, 0.1) is 5.92 Å². The number of β-amino-alcohol motifs (C(OH)–C–C–N with tert-alkyl or cyclic N) is 1. The topological polar surface area (TPSA) is 32.3 Å². The molecule has 0 radical (unpaired) electrons. The highest BCUT2D eigenvalue weighted by Crippen LogP contribution is 2.41. The van der Waals surface area contributed by atoms with Crippen molar-refractivity contribution in [2.45, 2.75) is 37.7 Å². The van der Waals surface area contributed by atoms with E-state index >= 15 is 0 Å². The van der Waals surface area contributed by atoms with Gasteiger partial charge in [0, 0.05) is 25.9 Å². The minimum absolute atomic E-state index is 0.0143. The number of nitrogens with one attached hydrogen (secondary N) is 1. The molecule has 1 aliphatic heterocycles. The van der Waals surface area contributed by atoms with E-state index in [-0.39, 0.29) is 18.8 Å². The normalized spacial score (nSPS) is 35.3. The molecule has 0 saturated heterocycles. The summed E-state index contributed by atoms with van der Waals surface area (Å²) >= 11 is 0. The van der Waals surface area contributed by atoms with Gasteiger partial charge in [0.2, 0.25) is 5.92 Å². The molecule has 2 rings (SSSR count). The Labute approximate surface area is 88.4 Å². The Morgan fingerprint density at radius 2 is 2.33 bits per heavy atom. The lowest BCUT2D eigenvalue weighted by atomic mass is 9.95. The largest absolute Gasteiger partial charge is 0.388 e. The van der Waals surface area contributed by atoms with Gasteiger partial charge in [0.05, 0.1) is 6.10 Å². The summed E-state index contributed by atoms with van der Waals surface area (Å²) in [7, 11) is 0. The van der Waals surface area contributed by atoms with Gasteiger partial charge < -0.3 is 10.4 Å². The van der Waals surface area contributed by atoms with E-state index in [9.17, 15) is 13.9 Å². The molecule has 4 heteroatoms. The molecule has 2 aliphatic rings. The van der Waals surface area contributed by atoms with Crippen LogP contribution in [0.1, 0.15) is 25.7 Å². The maximum Gasteiger partial charge on any atom is 0.248 e. The van der Waals surface area contributed by atoms with Gasteiger partial charge in [-0.25, -0.2) is 8.78 Å². The molecule has 2 atom stereocenters. The van der Waals surface area contributed by atoms with Gasteiger partial charge >= 0.3 is 0 Å². The molecular formula is C11H17F2NO. The van der Waals surface area contributed by atoms with Crippen molar-refractivity contribution in [3.63, 3.8) is 0 Å². The standard InChI is InChI=1S/C11H17F2NO/c12-11(13)2-1-8(5-11)3-9-4-10(15)7-14-6-9/h4,8,10,14-15H,1-3,5-7H2. The molecule has 0 spiro atoms. The van der Waals surface area contributed by atoms with E-state index < -0.39 is 12.0 Å². The Kier molecular flexibility index (Phi) is 3.07. The van der Waals surface area contributed by atoms with Crippen LogP contribution in [0.5, 0.6) is 0 Å². The van der Waals surface area contributed by atoms with Crippen LogP contribution in [-0.4, -0.2) is 30.2 Å². The first-order valence-electron chi connectivity index (χ1n) is 5.51. The second kappa shape index (κ2) is 4.18. The molecule has 2 nitrogen and oxygen atoms in total. The summed E-state index contributed by atoms with van der Waals surface area (Å²) in [5.74, 6) is -2.36. The van der Waals surface area contributed by atoms with E-state index in [0.717, 1.165) is 12.1 Å². The molecular weight excluding hydrogens is 200 g/mol. The Balaban J connectivity index is 1.87. The van der Waals surface area contributed by atoms with Crippen LogP contribution in [0.15, 0.2) is 11.6 Å². The highest BCUT2D eigenvalue weighted by atomic mass is 19.3.